The van der Waals surface area contributed by atoms with Gasteiger partial charge in [0.05, 0.1) is 23.6 Å². The van der Waals surface area contributed by atoms with E-state index in [2.05, 4.69) is 9.73 Å². The van der Waals surface area contributed by atoms with E-state index in [0.29, 0.717) is 11.7 Å². The van der Waals surface area contributed by atoms with E-state index in [1.807, 2.05) is 20.0 Å². The molecule has 0 amide bonds. The second-order valence-corrected chi connectivity index (χ2v) is 5.21. The fourth-order valence-electron chi connectivity index (χ4n) is 1.83. The minimum Gasteiger partial charge on any atom is -0.465 e. The van der Waals surface area contributed by atoms with Crippen LogP contribution in [0.2, 0.25) is 0 Å². The lowest BCUT2D eigenvalue weighted by atomic mass is 10.1. The normalized spacial score (nSPS) is 19.0. The number of carbonyl (C=O) groups is 1. The number of nitrogens with zero attached hydrogens (tertiary/aromatic N) is 2. The van der Waals surface area contributed by atoms with Gasteiger partial charge in [0.2, 0.25) is 5.11 Å². The smallest absolute Gasteiger partial charge is 0.348 e. The summed E-state index contributed by atoms with van der Waals surface area (Å²) in [6, 6.07) is 0. The van der Waals surface area contributed by atoms with Crippen molar-refractivity contribution in [3.8, 4) is 0 Å². The molecule has 0 radical (unpaired) electrons. The van der Waals surface area contributed by atoms with Crippen molar-refractivity contribution in [1.82, 2.24) is 4.90 Å². The third-order valence-electron chi connectivity index (χ3n) is 2.73. The van der Waals surface area contributed by atoms with Gasteiger partial charge < -0.3 is 9.64 Å². The first kappa shape index (κ1) is 11.9. The SMILES string of the molecule is CCC1=NC2=S(=O)=C(C(=O)OC)CN2C=C1C. The molecule has 0 aromatic carbocycles. The second-order valence-electron chi connectivity index (χ2n) is 3.82. The number of ether oxygens (including phenoxy) is 1. The quantitative estimate of drug-likeness (QED) is 0.523. The number of rotatable bonds is 2. The number of carbonyl (C=O) groups excluding carboxylic acids is 1. The second kappa shape index (κ2) is 4.37. The summed E-state index contributed by atoms with van der Waals surface area (Å²) in [5.74, 6) is -0.524. The summed E-state index contributed by atoms with van der Waals surface area (Å²) < 4.78 is 16.7. The van der Waals surface area contributed by atoms with Crippen LogP contribution in [0.15, 0.2) is 16.8 Å². The number of fused-ring (bicyclic) bond motifs is 1. The highest BCUT2D eigenvalue weighted by Crippen LogP contribution is 2.15. The predicted molar refractivity (Wildman–Crippen MR) is 68.4 cm³/mol. The Hall–Kier alpha value is -1.56. The molecule has 2 aliphatic heterocycles. The molecule has 0 aromatic heterocycles. The Morgan fingerprint density at radius 2 is 2.35 bits per heavy atom. The standard InChI is InChI=1S/C11H14N2O3S/c1-4-8-7(2)5-13-6-9(10(14)16-3)17(15)11(13)12-8/h5H,4,6H2,1-3H3. The molecule has 17 heavy (non-hydrogen) atoms. The summed E-state index contributed by atoms with van der Waals surface area (Å²) in [7, 11) is -0.204. The van der Waals surface area contributed by atoms with Gasteiger partial charge in [-0.05, 0) is 18.9 Å². The molecule has 0 aliphatic carbocycles. The van der Waals surface area contributed by atoms with E-state index in [-0.39, 0.29) is 4.86 Å². The van der Waals surface area contributed by atoms with Gasteiger partial charge in [0.1, 0.15) is 4.86 Å². The van der Waals surface area contributed by atoms with Crippen molar-refractivity contribution in [1.29, 1.82) is 0 Å². The third kappa shape index (κ3) is 1.88. The van der Waals surface area contributed by atoms with Crippen LogP contribution in [0, 0.1) is 0 Å². The van der Waals surface area contributed by atoms with Crippen LogP contribution in [0.4, 0.5) is 0 Å². The minimum absolute atomic E-state index is 0.257. The van der Waals surface area contributed by atoms with Crippen molar-refractivity contribution in [2.45, 2.75) is 20.3 Å². The van der Waals surface area contributed by atoms with Crippen LogP contribution in [0.1, 0.15) is 20.3 Å². The van der Waals surface area contributed by atoms with E-state index in [4.69, 9.17) is 0 Å². The highest BCUT2D eigenvalue weighted by molar-refractivity contribution is 7.86. The summed E-state index contributed by atoms with van der Waals surface area (Å²) in [5, 5.41) is 0.438. The van der Waals surface area contributed by atoms with Crippen molar-refractivity contribution in [3.63, 3.8) is 0 Å². The zero-order chi connectivity index (χ0) is 12.6. The molecule has 2 heterocycles. The van der Waals surface area contributed by atoms with Gasteiger partial charge in [0, 0.05) is 11.9 Å². The molecule has 0 atom stereocenters. The van der Waals surface area contributed by atoms with Gasteiger partial charge in [0.15, 0.2) is 0 Å². The van der Waals surface area contributed by atoms with E-state index in [1.54, 1.807) is 4.90 Å². The summed E-state index contributed by atoms with van der Waals surface area (Å²) >= 11 is 0. The molecule has 92 valence electrons. The molecule has 0 spiro atoms. The summed E-state index contributed by atoms with van der Waals surface area (Å²) in [6.45, 7) is 4.25. The topological polar surface area (TPSA) is 59.0 Å². The molecule has 6 heteroatoms. The molecular formula is C11H14N2O3S. The maximum Gasteiger partial charge on any atom is 0.348 e. The van der Waals surface area contributed by atoms with E-state index in [1.165, 1.54) is 7.11 Å². The zero-order valence-corrected chi connectivity index (χ0v) is 10.8. The molecule has 0 fully saturated rings. The maximum absolute atomic E-state index is 12.1. The van der Waals surface area contributed by atoms with Crippen molar-refractivity contribution in [2.24, 2.45) is 4.99 Å². The number of allylic oxidation sites excluding steroid dienone is 1. The first-order chi connectivity index (χ1) is 8.08. The molecule has 0 aromatic rings. The van der Waals surface area contributed by atoms with Gasteiger partial charge in [-0.3, -0.25) is 0 Å². The molecular weight excluding hydrogens is 240 g/mol. The average molecular weight is 254 g/mol. The average Bonchev–Trinajstić information content (AvgIpc) is 2.64. The molecule has 0 unspecified atom stereocenters. The van der Waals surface area contributed by atoms with Crippen molar-refractivity contribution < 1.29 is 13.7 Å². The Morgan fingerprint density at radius 1 is 1.65 bits per heavy atom. The van der Waals surface area contributed by atoms with E-state index in [9.17, 15) is 9.00 Å². The van der Waals surface area contributed by atoms with Crippen LogP contribution in [0.5, 0.6) is 0 Å². The molecule has 2 aliphatic rings. The van der Waals surface area contributed by atoms with E-state index >= 15 is 0 Å². The third-order valence-corrected chi connectivity index (χ3v) is 4.13. The van der Waals surface area contributed by atoms with E-state index in [0.717, 1.165) is 17.7 Å². The van der Waals surface area contributed by atoms with Crippen LogP contribution < -0.4 is 0 Å². The lowest BCUT2D eigenvalue weighted by molar-refractivity contribution is -0.132. The Labute approximate surface area is 101 Å². The first-order valence-electron chi connectivity index (χ1n) is 5.34. The predicted octanol–water partition coefficient (Wildman–Crippen LogP) is 0.252. The van der Waals surface area contributed by atoms with Crippen molar-refractivity contribution in [2.75, 3.05) is 13.7 Å². The molecule has 2 rings (SSSR count). The Morgan fingerprint density at radius 3 is 2.94 bits per heavy atom. The lowest BCUT2D eigenvalue weighted by Gasteiger charge is -2.21. The van der Waals surface area contributed by atoms with Crippen LogP contribution in [-0.2, 0) is 19.5 Å². The lowest BCUT2D eigenvalue weighted by Crippen LogP contribution is -2.31. The van der Waals surface area contributed by atoms with Gasteiger partial charge in [-0.25, -0.2) is 14.0 Å². The molecule has 5 nitrogen and oxygen atoms in total. The number of esters is 1. The fraction of sp³-hybridized carbons (Fsp3) is 0.455. The van der Waals surface area contributed by atoms with Crippen LogP contribution in [-0.4, -0.2) is 44.4 Å². The van der Waals surface area contributed by atoms with Gasteiger partial charge in [-0.2, -0.15) is 0 Å². The Kier molecular flexibility index (Phi) is 3.06. The van der Waals surface area contributed by atoms with Crippen LogP contribution in [0.3, 0.4) is 0 Å². The Bertz CT molecular complexity index is 584. The number of methoxy groups -OCH3 is 1. The summed E-state index contributed by atoms with van der Waals surface area (Å²) in [6.07, 6.45) is 2.67. The van der Waals surface area contributed by atoms with Gasteiger partial charge in [0.25, 0.3) is 0 Å². The number of aliphatic imine (C=N–C) groups is 1. The highest BCUT2D eigenvalue weighted by atomic mass is 32.1. The maximum atomic E-state index is 12.1. The summed E-state index contributed by atoms with van der Waals surface area (Å²) in [4.78, 5) is 17.8. The van der Waals surface area contributed by atoms with Crippen molar-refractivity contribution >= 4 is 31.6 Å². The van der Waals surface area contributed by atoms with Crippen LogP contribution in [0.25, 0.3) is 0 Å². The molecule has 0 N–H and O–H groups in total. The van der Waals surface area contributed by atoms with E-state index < -0.39 is 15.9 Å². The van der Waals surface area contributed by atoms with Gasteiger partial charge in [-0.1, -0.05) is 6.92 Å². The largest absolute Gasteiger partial charge is 0.465 e. The molecule has 0 bridgehead atoms. The monoisotopic (exact) mass is 254 g/mol. The number of hydrogen-bond donors (Lipinski definition) is 0. The molecule has 0 saturated carbocycles. The van der Waals surface area contributed by atoms with Gasteiger partial charge >= 0.3 is 5.97 Å². The first-order valence-corrected chi connectivity index (χ1v) is 6.49. The fourth-order valence-corrected chi connectivity index (χ4v) is 3.06. The minimum atomic E-state index is -1.49. The van der Waals surface area contributed by atoms with Gasteiger partial charge in [-0.15, -0.1) is 0 Å². The summed E-state index contributed by atoms with van der Waals surface area (Å²) in [5.41, 5.74) is 1.95. The zero-order valence-electron chi connectivity index (χ0n) is 10.0. The number of hydrogen-bond acceptors (Lipinski definition) is 5. The Balaban J connectivity index is 2.52. The van der Waals surface area contributed by atoms with Crippen LogP contribution >= 0.6 is 0 Å². The van der Waals surface area contributed by atoms with Crippen molar-refractivity contribution in [3.05, 3.63) is 11.8 Å². The highest BCUT2D eigenvalue weighted by Gasteiger charge is 2.28. The molecule has 0 saturated heterocycles.